The Labute approximate surface area is 117 Å². The largest absolute Gasteiger partial charge is 0.497 e. The fraction of sp³-hybridized carbons (Fsp3) is 0.286. The summed E-state index contributed by atoms with van der Waals surface area (Å²) in [7, 11) is 1.53. The molecule has 0 aliphatic heterocycles. The molecule has 2 aromatic rings. The second-order valence-electron chi connectivity index (χ2n) is 4.19. The zero-order chi connectivity index (χ0) is 14.4. The van der Waals surface area contributed by atoms with Gasteiger partial charge in [-0.25, -0.2) is 9.37 Å². The molecular formula is C14H17FN4O. The van der Waals surface area contributed by atoms with Crippen molar-refractivity contribution in [3.8, 4) is 5.75 Å². The standard InChI is InChI=1S/C14H17FN4O/c1-3-6-17-13-8-16-9-14(19-13)18-12-7-10(20-2)4-5-11(12)15/h4-5,7-9H,3,6H2,1-2H3,(H2,17,18,19). The van der Waals surface area contributed by atoms with E-state index in [0.29, 0.717) is 23.1 Å². The lowest BCUT2D eigenvalue weighted by Crippen LogP contribution is -2.04. The van der Waals surface area contributed by atoms with Gasteiger partial charge in [-0.3, -0.25) is 4.98 Å². The molecule has 5 nitrogen and oxygen atoms in total. The van der Waals surface area contributed by atoms with Gasteiger partial charge in [-0.15, -0.1) is 0 Å². The van der Waals surface area contributed by atoms with E-state index in [2.05, 4.69) is 27.5 Å². The predicted molar refractivity (Wildman–Crippen MR) is 77.0 cm³/mol. The van der Waals surface area contributed by atoms with Crippen molar-refractivity contribution in [2.75, 3.05) is 24.3 Å². The maximum atomic E-state index is 13.7. The molecule has 6 heteroatoms. The molecule has 0 atom stereocenters. The number of rotatable bonds is 6. The molecule has 0 unspecified atom stereocenters. The summed E-state index contributed by atoms with van der Waals surface area (Å²) in [6.07, 6.45) is 4.16. The van der Waals surface area contributed by atoms with Crippen molar-refractivity contribution >= 4 is 17.3 Å². The van der Waals surface area contributed by atoms with Crippen LogP contribution < -0.4 is 15.4 Å². The third-order valence-corrected chi connectivity index (χ3v) is 2.63. The predicted octanol–water partition coefficient (Wildman–Crippen LogP) is 3.19. The van der Waals surface area contributed by atoms with Crippen LogP contribution in [0.15, 0.2) is 30.6 Å². The maximum absolute atomic E-state index is 13.7. The van der Waals surface area contributed by atoms with Crippen molar-refractivity contribution in [1.82, 2.24) is 9.97 Å². The van der Waals surface area contributed by atoms with E-state index in [1.54, 1.807) is 18.3 Å². The molecule has 0 amide bonds. The first-order chi connectivity index (χ1) is 9.72. The van der Waals surface area contributed by atoms with Crippen LogP contribution in [0.3, 0.4) is 0 Å². The van der Waals surface area contributed by atoms with Gasteiger partial charge in [0.25, 0.3) is 0 Å². The quantitative estimate of drug-likeness (QED) is 0.848. The van der Waals surface area contributed by atoms with Gasteiger partial charge in [-0.05, 0) is 18.6 Å². The van der Waals surface area contributed by atoms with Gasteiger partial charge in [0.15, 0.2) is 5.82 Å². The lowest BCUT2D eigenvalue weighted by molar-refractivity contribution is 0.414. The summed E-state index contributed by atoms with van der Waals surface area (Å²) in [6.45, 7) is 2.87. The lowest BCUT2D eigenvalue weighted by Gasteiger charge is -2.10. The van der Waals surface area contributed by atoms with Crippen LogP contribution in [-0.4, -0.2) is 23.6 Å². The van der Waals surface area contributed by atoms with Crippen LogP contribution in [0.2, 0.25) is 0 Å². The van der Waals surface area contributed by atoms with E-state index in [0.717, 1.165) is 13.0 Å². The van der Waals surface area contributed by atoms with E-state index in [4.69, 9.17) is 4.74 Å². The maximum Gasteiger partial charge on any atom is 0.151 e. The first-order valence-electron chi connectivity index (χ1n) is 6.39. The molecule has 0 saturated heterocycles. The normalized spacial score (nSPS) is 10.2. The number of nitrogens with one attached hydrogen (secondary N) is 2. The minimum absolute atomic E-state index is 0.297. The molecule has 0 spiro atoms. The number of anilines is 3. The van der Waals surface area contributed by atoms with E-state index in [-0.39, 0.29) is 5.82 Å². The first kappa shape index (κ1) is 14.0. The fourth-order valence-corrected chi connectivity index (χ4v) is 1.63. The average molecular weight is 276 g/mol. The second-order valence-corrected chi connectivity index (χ2v) is 4.19. The summed E-state index contributed by atoms with van der Waals surface area (Å²) < 4.78 is 18.8. The Morgan fingerprint density at radius 2 is 2.05 bits per heavy atom. The van der Waals surface area contributed by atoms with Gasteiger partial charge >= 0.3 is 0 Å². The van der Waals surface area contributed by atoms with Crippen molar-refractivity contribution in [2.24, 2.45) is 0 Å². The first-order valence-corrected chi connectivity index (χ1v) is 6.39. The summed E-state index contributed by atoms with van der Waals surface area (Å²) >= 11 is 0. The van der Waals surface area contributed by atoms with Crippen molar-refractivity contribution in [3.05, 3.63) is 36.4 Å². The Kier molecular flexibility index (Phi) is 4.70. The third kappa shape index (κ3) is 3.57. The Balaban J connectivity index is 2.17. The van der Waals surface area contributed by atoms with Crippen LogP contribution in [-0.2, 0) is 0 Å². The zero-order valence-electron chi connectivity index (χ0n) is 11.5. The van der Waals surface area contributed by atoms with Crippen LogP contribution in [0.1, 0.15) is 13.3 Å². The Morgan fingerprint density at radius 1 is 1.25 bits per heavy atom. The molecule has 1 heterocycles. The molecule has 1 aromatic carbocycles. The monoisotopic (exact) mass is 276 g/mol. The molecular weight excluding hydrogens is 259 g/mol. The average Bonchev–Trinajstić information content (AvgIpc) is 2.48. The number of aromatic nitrogens is 2. The van der Waals surface area contributed by atoms with E-state index in [9.17, 15) is 4.39 Å². The number of nitrogens with zero attached hydrogens (tertiary/aromatic N) is 2. The summed E-state index contributed by atoms with van der Waals surface area (Å²) in [5.41, 5.74) is 0.297. The highest BCUT2D eigenvalue weighted by Crippen LogP contribution is 2.24. The molecule has 2 rings (SSSR count). The van der Waals surface area contributed by atoms with E-state index < -0.39 is 0 Å². The molecule has 0 saturated carbocycles. The Bertz CT molecular complexity index is 577. The van der Waals surface area contributed by atoms with Gasteiger partial charge in [-0.2, -0.15) is 0 Å². The van der Waals surface area contributed by atoms with E-state index in [1.807, 2.05) is 0 Å². The molecule has 2 N–H and O–H groups in total. The van der Waals surface area contributed by atoms with E-state index >= 15 is 0 Å². The second kappa shape index (κ2) is 6.70. The number of hydrogen-bond acceptors (Lipinski definition) is 5. The molecule has 1 aromatic heterocycles. The molecule has 20 heavy (non-hydrogen) atoms. The van der Waals surface area contributed by atoms with Gasteiger partial charge < -0.3 is 15.4 Å². The van der Waals surface area contributed by atoms with Crippen LogP contribution in [0.5, 0.6) is 5.75 Å². The Morgan fingerprint density at radius 3 is 2.80 bits per heavy atom. The third-order valence-electron chi connectivity index (χ3n) is 2.63. The van der Waals surface area contributed by atoms with Crippen LogP contribution in [0.25, 0.3) is 0 Å². The molecule has 0 radical (unpaired) electrons. The molecule has 0 fully saturated rings. The van der Waals surface area contributed by atoms with Crippen LogP contribution in [0, 0.1) is 5.82 Å². The molecule has 0 bridgehead atoms. The number of hydrogen-bond donors (Lipinski definition) is 2. The van der Waals surface area contributed by atoms with Crippen molar-refractivity contribution in [2.45, 2.75) is 13.3 Å². The van der Waals surface area contributed by atoms with Gasteiger partial charge in [0.1, 0.15) is 17.4 Å². The van der Waals surface area contributed by atoms with Gasteiger partial charge in [-0.1, -0.05) is 6.92 Å². The minimum Gasteiger partial charge on any atom is -0.497 e. The smallest absolute Gasteiger partial charge is 0.151 e. The lowest BCUT2D eigenvalue weighted by atomic mass is 10.3. The highest BCUT2D eigenvalue weighted by atomic mass is 19.1. The van der Waals surface area contributed by atoms with Crippen molar-refractivity contribution in [3.63, 3.8) is 0 Å². The summed E-state index contributed by atoms with van der Waals surface area (Å²) in [4.78, 5) is 8.37. The van der Waals surface area contributed by atoms with E-state index in [1.165, 1.54) is 19.4 Å². The SMILES string of the molecule is CCCNc1cncc(Nc2cc(OC)ccc2F)n1. The molecule has 106 valence electrons. The van der Waals surface area contributed by atoms with Gasteiger partial charge in [0.05, 0.1) is 25.2 Å². The van der Waals surface area contributed by atoms with Crippen molar-refractivity contribution < 1.29 is 9.13 Å². The highest BCUT2D eigenvalue weighted by Gasteiger charge is 2.06. The van der Waals surface area contributed by atoms with Gasteiger partial charge in [0.2, 0.25) is 0 Å². The summed E-state index contributed by atoms with van der Waals surface area (Å²) in [6, 6.07) is 4.47. The topological polar surface area (TPSA) is 59.1 Å². The van der Waals surface area contributed by atoms with Gasteiger partial charge in [0, 0.05) is 12.6 Å². The highest BCUT2D eigenvalue weighted by molar-refractivity contribution is 5.59. The Hall–Kier alpha value is -2.37. The number of methoxy groups -OCH3 is 1. The van der Waals surface area contributed by atoms with Crippen molar-refractivity contribution in [1.29, 1.82) is 0 Å². The number of ether oxygens (including phenoxy) is 1. The summed E-state index contributed by atoms with van der Waals surface area (Å²) in [5.74, 6) is 1.32. The zero-order valence-corrected chi connectivity index (χ0v) is 11.5. The number of halogens is 1. The number of benzene rings is 1. The fourth-order valence-electron chi connectivity index (χ4n) is 1.63. The molecule has 0 aliphatic carbocycles. The van der Waals surface area contributed by atoms with Crippen LogP contribution in [0.4, 0.5) is 21.7 Å². The summed E-state index contributed by atoms with van der Waals surface area (Å²) in [5, 5.41) is 6.02. The molecule has 0 aliphatic rings. The van der Waals surface area contributed by atoms with Crippen LogP contribution >= 0.6 is 0 Å². The minimum atomic E-state index is -0.375.